The van der Waals surface area contributed by atoms with Crippen LogP contribution in [0.1, 0.15) is 6.92 Å². The highest BCUT2D eigenvalue weighted by atomic mass is 32.2. The van der Waals surface area contributed by atoms with Crippen LogP contribution < -0.4 is 16.9 Å². The van der Waals surface area contributed by atoms with Gasteiger partial charge in [-0.05, 0) is 12.5 Å². The van der Waals surface area contributed by atoms with Crippen molar-refractivity contribution in [2.75, 3.05) is 12.3 Å². The molecule has 0 fully saturated rings. The first kappa shape index (κ1) is 12.0. The van der Waals surface area contributed by atoms with Crippen molar-refractivity contribution >= 4 is 11.8 Å². The molecule has 1 aromatic heterocycles. The van der Waals surface area contributed by atoms with Gasteiger partial charge < -0.3 is 5.73 Å². The van der Waals surface area contributed by atoms with Crippen LogP contribution in [0.25, 0.3) is 0 Å². The maximum Gasteiger partial charge on any atom is 0.339 e. The number of nitrogens with zero attached hydrogens (tertiary/aromatic N) is 2. The Morgan fingerprint density at radius 2 is 2.27 bits per heavy atom. The van der Waals surface area contributed by atoms with Crippen molar-refractivity contribution in [1.29, 1.82) is 0 Å². The lowest BCUT2D eigenvalue weighted by molar-refractivity contribution is 0.593. The molecule has 0 saturated heterocycles. The monoisotopic (exact) mass is 230 g/mol. The van der Waals surface area contributed by atoms with Crippen molar-refractivity contribution in [2.24, 2.45) is 18.7 Å². The molecule has 0 aliphatic carbocycles. The molecule has 0 amide bonds. The Morgan fingerprint density at radius 3 is 2.87 bits per heavy atom. The average molecular weight is 230 g/mol. The molecule has 1 atom stereocenters. The zero-order chi connectivity index (χ0) is 11.4. The van der Waals surface area contributed by atoms with E-state index in [1.807, 2.05) is 6.92 Å². The number of aromatic nitrogens is 3. The minimum absolute atomic E-state index is 0.346. The van der Waals surface area contributed by atoms with E-state index in [0.29, 0.717) is 17.6 Å². The second kappa shape index (κ2) is 5.13. The predicted molar refractivity (Wildman–Crippen MR) is 59.0 cm³/mol. The maximum absolute atomic E-state index is 11.0. The number of aryl methyl sites for hydroxylation is 1. The standard InChI is InChI=1S/C8H14N4O2S/c1-5(3-9)4-15-8-10-6(13)7(14)11-12(8)2/h5H,3-4,9H2,1-2H3,(H,11,14). The molecular weight excluding hydrogens is 216 g/mol. The number of rotatable bonds is 4. The van der Waals surface area contributed by atoms with Crippen LogP contribution in [0.5, 0.6) is 0 Å². The molecule has 0 saturated carbocycles. The van der Waals surface area contributed by atoms with Gasteiger partial charge in [0.15, 0.2) is 5.16 Å². The van der Waals surface area contributed by atoms with Crippen LogP contribution in [0.2, 0.25) is 0 Å². The van der Waals surface area contributed by atoms with Gasteiger partial charge in [0.2, 0.25) is 0 Å². The third kappa shape index (κ3) is 3.21. The molecule has 3 N–H and O–H groups in total. The number of nitrogens with two attached hydrogens (primary N) is 1. The van der Waals surface area contributed by atoms with Crippen LogP contribution in [-0.2, 0) is 7.05 Å². The summed E-state index contributed by atoms with van der Waals surface area (Å²) in [5.74, 6) is 1.11. The molecular formula is C8H14N4O2S. The van der Waals surface area contributed by atoms with Gasteiger partial charge in [0.25, 0.3) is 0 Å². The molecule has 0 bridgehead atoms. The first-order valence-electron chi connectivity index (χ1n) is 4.54. The first-order valence-corrected chi connectivity index (χ1v) is 5.53. The highest BCUT2D eigenvalue weighted by Crippen LogP contribution is 2.14. The van der Waals surface area contributed by atoms with Crippen LogP contribution >= 0.6 is 11.8 Å². The number of thioether (sulfide) groups is 1. The Balaban J connectivity index is 2.82. The minimum atomic E-state index is -0.754. The van der Waals surface area contributed by atoms with Crippen molar-refractivity contribution in [3.63, 3.8) is 0 Å². The van der Waals surface area contributed by atoms with Gasteiger partial charge in [-0.3, -0.25) is 19.4 Å². The van der Waals surface area contributed by atoms with E-state index in [1.54, 1.807) is 7.05 Å². The largest absolute Gasteiger partial charge is 0.339 e. The smallest absolute Gasteiger partial charge is 0.330 e. The summed E-state index contributed by atoms with van der Waals surface area (Å²) in [5.41, 5.74) is 4.01. The normalized spacial score (nSPS) is 12.7. The summed E-state index contributed by atoms with van der Waals surface area (Å²) in [6.45, 7) is 2.60. The van der Waals surface area contributed by atoms with Gasteiger partial charge in [-0.25, -0.2) is 0 Å². The van der Waals surface area contributed by atoms with Gasteiger partial charge in [-0.2, -0.15) is 4.98 Å². The molecule has 1 heterocycles. The molecule has 7 heteroatoms. The van der Waals surface area contributed by atoms with E-state index in [4.69, 9.17) is 5.73 Å². The third-order valence-electron chi connectivity index (χ3n) is 1.85. The van der Waals surface area contributed by atoms with E-state index in [9.17, 15) is 9.59 Å². The Hall–Kier alpha value is -1.08. The Labute approximate surface area is 90.9 Å². The van der Waals surface area contributed by atoms with E-state index >= 15 is 0 Å². The lowest BCUT2D eigenvalue weighted by Crippen LogP contribution is -2.34. The summed E-state index contributed by atoms with van der Waals surface area (Å²) in [7, 11) is 1.64. The number of hydrogen-bond acceptors (Lipinski definition) is 5. The summed E-state index contributed by atoms with van der Waals surface area (Å²) >= 11 is 1.40. The van der Waals surface area contributed by atoms with Gasteiger partial charge in [0, 0.05) is 12.8 Å². The van der Waals surface area contributed by atoms with E-state index in [1.165, 1.54) is 16.4 Å². The Bertz CT molecular complexity index is 439. The third-order valence-corrected chi connectivity index (χ3v) is 3.21. The van der Waals surface area contributed by atoms with E-state index in [2.05, 4.69) is 10.1 Å². The van der Waals surface area contributed by atoms with Gasteiger partial charge in [-0.15, -0.1) is 0 Å². The maximum atomic E-state index is 11.0. The molecule has 1 rings (SSSR count). The molecule has 0 radical (unpaired) electrons. The molecule has 1 aromatic rings. The second-order valence-electron chi connectivity index (χ2n) is 3.35. The fourth-order valence-electron chi connectivity index (χ4n) is 0.875. The van der Waals surface area contributed by atoms with Crippen molar-refractivity contribution < 1.29 is 0 Å². The SMILES string of the molecule is CC(CN)CSc1nc(=O)c(=O)[nH]n1C. The summed E-state index contributed by atoms with van der Waals surface area (Å²) in [5, 5.41) is 2.88. The first-order chi connectivity index (χ1) is 7.04. The number of H-pyrrole nitrogens is 1. The van der Waals surface area contributed by atoms with Crippen LogP contribution in [0.4, 0.5) is 0 Å². The van der Waals surface area contributed by atoms with Gasteiger partial charge in [-0.1, -0.05) is 18.7 Å². The molecule has 15 heavy (non-hydrogen) atoms. The molecule has 0 spiro atoms. The van der Waals surface area contributed by atoms with Gasteiger partial charge >= 0.3 is 11.1 Å². The lowest BCUT2D eigenvalue weighted by Gasteiger charge is -2.08. The highest BCUT2D eigenvalue weighted by Gasteiger charge is 2.06. The van der Waals surface area contributed by atoms with Crippen molar-refractivity contribution in [3.05, 3.63) is 20.7 Å². The second-order valence-corrected chi connectivity index (χ2v) is 4.34. The Kier molecular flexibility index (Phi) is 4.10. The van der Waals surface area contributed by atoms with Crippen LogP contribution in [0.15, 0.2) is 14.7 Å². The van der Waals surface area contributed by atoms with Crippen molar-refractivity contribution in [2.45, 2.75) is 12.1 Å². The fraction of sp³-hybridized carbons (Fsp3) is 0.625. The van der Waals surface area contributed by atoms with E-state index in [-0.39, 0.29) is 0 Å². The molecule has 1 unspecified atom stereocenters. The van der Waals surface area contributed by atoms with Gasteiger partial charge in [0.05, 0.1) is 0 Å². The summed E-state index contributed by atoms with van der Waals surface area (Å²) in [6, 6.07) is 0. The minimum Gasteiger partial charge on any atom is -0.330 e. The topological polar surface area (TPSA) is 93.8 Å². The number of hydrogen-bond donors (Lipinski definition) is 2. The van der Waals surface area contributed by atoms with Crippen LogP contribution in [-0.4, -0.2) is 27.1 Å². The van der Waals surface area contributed by atoms with Crippen molar-refractivity contribution in [1.82, 2.24) is 14.8 Å². The van der Waals surface area contributed by atoms with Crippen molar-refractivity contribution in [3.8, 4) is 0 Å². The van der Waals surface area contributed by atoms with E-state index < -0.39 is 11.1 Å². The average Bonchev–Trinajstić information content (AvgIpc) is 2.21. The molecule has 84 valence electrons. The predicted octanol–water partition coefficient (Wildman–Crippen LogP) is -0.844. The Morgan fingerprint density at radius 1 is 1.60 bits per heavy atom. The zero-order valence-corrected chi connectivity index (χ0v) is 9.50. The summed E-state index contributed by atoms with van der Waals surface area (Å²) in [4.78, 5) is 25.6. The number of aromatic amines is 1. The molecule has 0 aromatic carbocycles. The zero-order valence-electron chi connectivity index (χ0n) is 8.69. The van der Waals surface area contributed by atoms with Crippen LogP contribution in [0, 0.1) is 5.92 Å². The fourth-order valence-corrected chi connectivity index (χ4v) is 1.83. The number of nitrogens with one attached hydrogen (secondary N) is 1. The summed E-state index contributed by atoms with van der Waals surface area (Å²) < 4.78 is 1.44. The lowest BCUT2D eigenvalue weighted by atomic mass is 10.2. The highest BCUT2D eigenvalue weighted by molar-refractivity contribution is 7.99. The van der Waals surface area contributed by atoms with E-state index in [0.717, 1.165) is 5.75 Å². The van der Waals surface area contributed by atoms with Crippen LogP contribution in [0.3, 0.4) is 0 Å². The quantitative estimate of drug-likeness (QED) is 0.519. The molecule has 6 nitrogen and oxygen atoms in total. The van der Waals surface area contributed by atoms with Gasteiger partial charge in [0.1, 0.15) is 0 Å². The summed E-state index contributed by atoms with van der Waals surface area (Å²) in [6.07, 6.45) is 0. The molecule has 0 aliphatic rings. The molecule has 0 aliphatic heterocycles.